The van der Waals surface area contributed by atoms with Crippen LogP contribution in [0.2, 0.25) is 0 Å². The molecule has 0 spiro atoms. The van der Waals surface area contributed by atoms with Gasteiger partial charge in [-0.3, -0.25) is 0 Å². The second-order valence-electron chi connectivity index (χ2n) is 3.32. The minimum Gasteiger partial charge on any atom is -0.179 e. The maximum absolute atomic E-state index is 4.16. The summed E-state index contributed by atoms with van der Waals surface area (Å²) >= 11 is 4.16. The topological polar surface area (TPSA) is 0 Å². The lowest BCUT2D eigenvalue weighted by Crippen LogP contribution is -1.87. The standard InChI is InChI=1S/C9H20S/c1-9(2)7-5-3-4-6-8-10/h9-10H,3-8H2,1-2H3. The molecule has 0 N–H and O–H groups in total. The molecular formula is C9H20S. The molecule has 0 aliphatic heterocycles. The molecule has 62 valence electrons. The second kappa shape index (κ2) is 7.46. The third-order valence-corrected chi connectivity index (χ3v) is 2.01. The maximum atomic E-state index is 4.16. The van der Waals surface area contributed by atoms with Gasteiger partial charge in [0.25, 0.3) is 0 Å². The quantitative estimate of drug-likeness (QED) is 0.446. The van der Waals surface area contributed by atoms with Gasteiger partial charge >= 0.3 is 0 Å². The van der Waals surface area contributed by atoms with Gasteiger partial charge < -0.3 is 0 Å². The van der Waals surface area contributed by atoms with E-state index in [0.717, 1.165) is 11.7 Å². The fraction of sp³-hybridized carbons (Fsp3) is 1.00. The monoisotopic (exact) mass is 160 g/mol. The molecule has 0 unspecified atom stereocenters. The lowest BCUT2D eigenvalue weighted by molar-refractivity contribution is 0.525. The molecule has 0 saturated carbocycles. The zero-order valence-corrected chi connectivity index (χ0v) is 8.16. The smallest absolute Gasteiger partial charge is 0.00979 e. The van der Waals surface area contributed by atoms with E-state index in [2.05, 4.69) is 26.5 Å². The number of rotatable bonds is 6. The van der Waals surface area contributed by atoms with Crippen LogP contribution in [0.15, 0.2) is 0 Å². The Balaban J connectivity index is 2.77. The van der Waals surface area contributed by atoms with Gasteiger partial charge in [-0.25, -0.2) is 0 Å². The molecule has 1 heteroatoms. The van der Waals surface area contributed by atoms with E-state index >= 15 is 0 Å². The van der Waals surface area contributed by atoms with E-state index in [1.807, 2.05) is 0 Å². The molecule has 0 aromatic heterocycles. The van der Waals surface area contributed by atoms with Crippen molar-refractivity contribution in [3.8, 4) is 0 Å². The Hall–Kier alpha value is 0.350. The fourth-order valence-electron chi connectivity index (χ4n) is 1.02. The van der Waals surface area contributed by atoms with Gasteiger partial charge in [-0.05, 0) is 18.1 Å². The molecular weight excluding hydrogens is 140 g/mol. The minimum absolute atomic E-state index is 0.885. The van der Waals surface area contributed by atoms with Crippen LogP contribution >= 0.6 is 12.6 Å². The van der Waals surface area contributed by atoms with Crippen LogP contribution in [0.4, 0.5) is 0 Å². The van der Waals surface area contributed by atoms with E-state index in [9.17, 15) is 0 Å². The van der Waals surface area contributed by atoms with Gasteiger partial charge in [-0.15, -0.1) is 0 Å². The largest absolute Gasteiger partial charge is 0.179 e. The molecule has 0 aromatic rings. The van der Waals surface area contributed by atoms with Gasteiger partial charge in [0, 0.05) is 0 Å². The summed E-state index contributed by atoms with van der Waals surface area (Å²) in [5.41, 5.74) is 0. The first kappa shape index (κ1) is 10.3. The predicted molar refractivity (Wildman–Crippen MR) is 51.8 cm³/mol. The van der Waals surface area contributed by atoms with Gasteiger partial charge in [-0.1, -0.05) is 39.5 Å². The average Bonchev–Trinajstić information content (AvgIpc) is 1.87. The van der Waals surface area contributed by atoms with Gasteiger partial charge in [0.05, 0.1) is 0 Å². The normalized spacial score (nSPS) is 10.8. The molecule has 0 nitrogen and oxygen atoms in total. The van der Waals surface area contributed by atoms with Crippen molar-refractivity contribution in [3.63, 3.8) is 0 Å². The summed E-state index contributed by atoms with van der Waals surface area (Å²) in [5.74, 6) is 1.94. The summed E-state index contributed by atoms with van der Waals surface area (Å²) in [6.07, 6.45) is 6.87. The van der Waals surface area contributed by atoms with E-state index in [1.165, 1.54) is 32.1 Å². The molecule has 0 bridgehead atoms. The first-order chi connectivity index (χ1) is 4.77. The SMILES string of the molecule is CC(C)CCCCCCS. The van der Waals surface area contributed by atoms with Gasteiger partial charge in [0.15, 0.2) is 0 Å². The van der Waals surface area contributed by atoms with Gasteiger partial charge in [0.1, 0.15) is 0 Å². The summed E-state index contributed by atoms with van der Waals surface area (Å²) in [7, 11) is 0. The highest BCUT2D eigenvalue weighted by molar-refractivity contribution is 7.80. The van der Waals surface area contributed by atoms with Crippen LogP contribution < -0.4 is 0 Å². The summed E-state index contributed by atoms with van der Waals surface area (Å²) in [6, 6.07) is 0. The second-order valence-corrected chi connectivity index (χ2v) is 3.77. The molecule has 0 fully saturated rings. The third kappa shape index (κ3) is 8.35. The Bertz CT molecular complexity index is 59.7. The minimum atomic E-state index is 0.885. The van der Waals surface area contributed by atoms with Crippen LogP contribution in [0, 0.1) is 5.92 Å². The summed E-state index contributed by atoms with van der Waals surface area (Å²) in [5, 5.41) is 0. The van der Waals surface area contributed by atoms with Crippen molar-refractivity contribution in [1.29, 1.82) is 0 Å². The van der Waals surface area contributed by atoms with Crippen molar-refractivity contribution in [2.45, 2.75) is 46.0 Å². The number of hydrogen-bond acceptors (Lipinski definition) is 1. The van der Waals surface area contributed by atoms with Crippen LogP contribution in [0.1, 0.15) is 46.0 Å². The number of thiol groups is 1. The molecule has 0 aliphatic carbocycles. The molecule has 0 radical (unpaired) electrons. The van der Waals surface area contributed by atoms with Gasteiger partial charge in [0.2, 0.25) is 0 Å². The number of hydrogen-bond donors (Lipinski definition) is 1. The van der Waals surface area contributed by atoms with E-state index in [4.69, 9.17) is 0 Å². The Morgan fingerprint density at radius 2 is 1.60 bits per heavy atom. The van der Waals surface area contributed by atoms with Crippen LogP contribution in [0.3, 0.4) is 0 Å². The van der Waals surface area contributed by atoms with Crippen molar-refractivity contribution in [3.05, 3.63) is 0 Å². The van der Waals surface area contributed by atoms with Crippen LogP contribution in [0.5, 0.6) is 0 Å². The zero-order chi connectivity index (χ0) is 7.82. The molecule has 10 heavy (non-hydrogen) atoms. The number of unbranched alkanes of at least 4 members (excludes halogenated alkanes) is 3. The highest BCUT2D eigenvalue weighted by Gasteiger charge is 1.92. The Morgan fingerprint density at radius 3 is 2.10 bits per heavy atom. The molecule has 0 amide bonds. The van der Waals surface area contributed by atoms with Crippen molar-refractivity contribution in [1.82, 2.24) is 0 Å². The van der Waals surface area contributed by atoms with E-state index in [1.54, 1.807) is 0 Å². The predicted octanol–water partition coefficient (Wildman–Crippen LogP) is 3.52. The highest BCUT2D eigenvalue weighted by Crippen LogP contribution is 2.09. The van der Waals surface area contributed by atoms with Crippen molar-refractivity contribution < 1.29 is 0 Å². The van der Waals surface area contributed by atoms with E-state index in [0.29, 0.717) is 0 Å². The zero-order valence-electron chi connectivity index (χ0n) is 7.27. The van der Waals surface area contributed by atoms with Crippen LogP contribution in [0.25, 0.3) is 0 Å². The maximum Gasteiger partial charge on any atom is -0.00979 e. The first-order valence-electron chi connectivity index (χ1n) is 4.38. The van der Waals surface area contributed by atoms with Crippen molar-refractivity contribution in [2.75, 3.05) is 5.75 Å². The Kier molecular flexibility index (Phi) is 7.72. The Morgan fingerprint density at radius 1 is 1.00 bits per heavy atom. The third-order valence-electron chi connectivity index (χ3n) is 1.69. The van der Waals surface area contributed by atoms with Crippen molar-refractivity contribution in [2.24, 2.45) is 5.92 Å². The van der Waals surface area contributed by atoms with Crippen molar-refractivity contribution >= 4 is 12.6 Å². The van der Waals surface area contributed by atoms with E-state index in [-0.39, 0.29) is 0 Å². The average molecular weight is 160 g/mol. The molecule has 0 atom stereocenters. The molecule has 0 aromatic carbocycles. The lowest BCUT2D eigenvalue weighted by Gasteiger charge is -2.02. The van der Waals surface area contributed by atoms with E-state index < -0.39 is 0 Å². The summed E-state index contributed by atoms with van der Waals surface area (Å²) in [6.45, 7) is 4.58. The Labute approximate surface area is 70.8 Å². The first-order valence-corrected chi connectivity index (χ1v) is 5.01. The van der Waals surface area contributed by atoms with Crippen LogP contribution in [-0.4, -0.2) is 5.75 Å². The van der Waals surface area contributed by atoms with Gasteiger partial charge in [-0.2, -0.15) is 12.6 Å². The molecule has 0 saturated heterocycles. The highest BCUT2D eigenvalue weighted by atomic mass is 32.1. The molecule has 0 rings (SSSR count). The fourth-order valence-corrected chi connectivity index (χ4v) is 1.24. The molecule has 0 aliphatic rings. The summed E-state index contributed by atoms with van der Waals surface area (Å²) in [4.78, 5) is 0. The molecule has 0 heterocycles. The summed E-state index contributed by atoms with van der Waals surface area (Å²) < 4.78 is 0. The van der Waals surface area contributed by atoms with Crippen LogP contribution in [-0.2, 0) is 0 Å². The lowest BCUT2D eigenvalue weighted by atomic mass is 10.0.